The van der Waals surface area contributed by atoms with Crippen molar-refractivity contribution in [2.24, 2.45) is 0 Å². The van der Waals surface area contributed by atoms with E-state index < -0.39 is 50.0 Å². The lowest BCUT2D eigenvalue weighted by molar-refractivity contribution is -0.274. The number of nitrogens with one attached hydrogen (secondary N) is 3. The van der Waals surface area contributed by atoms with E-state index in [1.807, 2.05) is 0 Å². The summed E-state index contributed by atoms with van der Waals surface area (Å²) in [6.45, 7) is 5.75. The SMILES string of the molecule is CC(C)OC(=O)[C@H](C)NOP(=O)(N[C@@H](C)C(=O)O)ONc1nc2ccc(OC(F)(F)F)cc2s1. The molecule has 0 aliphatic carbocycles. The van der Waals surface area contributed by atoms with Gasteiger partial charge in [-0.1, -0.05) is 11.3 Å². The van der Waals surface area contributed by atoms with Crippen LogP contribution in [0, 0.1) is 0 Å². The van der Waals surface area contributed by atoms with Gasteiger partial charge in [0, 0.05) is 6.07 Å². The predicted octanol–water partition coefficient (Wildman–Crippen LogP) is 3.57. The van der Waals surface area contributed by atoms with Gasteiger partial charge in [-0.3, -0.25) is 9.59 Å². The van der Waals surface area contributed by atoms with Crippen LogP contribution in [0.15, 0.2) is 18.2 Å². The molecule has 34 heavy (non-hydrogen) atoms. The molecule has 0 saturated carbocycles. The zero-order chi connectivity index (χ0) is 25.7. The minimum absolute atomic E-state index is 0.0416. The maximum Gasteiger partial charge on any atom is 0.573 e. The summed E-state index contributed by atoms with van der Waals surface area (Å²) in [5, 5.41) is 11.2. The lowest BCUT2D eigenvalue weighted by Gasteiger charge is -2.22. The predicted molar refractivity (Wildman–Crippen MR) is 114 cm³/mol. The van der Waals surface area contributed by atoms with E-state index in [2.05, 4.69) is 25.8 Å². The van der Waals surface area contributed by atoms with Gasteiger partial charge in [-0.05, 0) is 39.8 Å². The first-order chi connectivity index (χ1) is 15.7. The molecule has 0 amide bonds. The minimum Gasteiger partial charge on any atom is -0.480 e. The number of halogens is 3. The zero-order valence-electron chi connectivity index (χ0n) is 18.2. The number of hydroxylamine groups is 1. The lowest BCUT2D eigenvalue weighted by Crippen LogP contribution is -2.39. The van der Waals surface area contributed by atoms with Gasteiger partial charge in [0.1, 0.15) is 17.8 Å². The van der Waals surface area contributed by atoms with E-state index in [1.165, 1.54) is 13.0 Å². The molecular weight excluding hydrogens is 508 g/mol. The van der Waals surface area contributed by atoms with E-state index >= 15 is 0 Å². The molecule has 12 nitrogen and oxygen atoms in total. The fourth-order valence-electron chi connectivity index (χ4n) is 2.14. The van der Waals surface area contributed by atoms with Gasteiger partial charge in [0.05, 0.1) is 16.3 Å². The number of carbonyl (C=O) groups excluding carboxylic acids is 1. The van der Waals surface area contributed by atoms with Crippen LogP contribution in [0.2, 0.25) is 0 Å². The van der Waals surface area contributed by atoms with Crippen molar-refractivity contribution >= 4 is 46.4 Å². The van der Waals surface area contributed by atoms with Crippen LogP contribution >= 0.6 is 19.1 Å². The number of nitrogens with zero attached hydrogens (tertiary/aromatic N) is 1. The summed E-state index contributed by atoms with van der Waals surface area (Å²) in [6, 6.07) is 0.922. The first kappa shape index (κ1) is 27.8. The lowest BCUT2D eigenvalue weighted by atomic mass is 10.3. The fourth-order valence-corrected chi connectivity index (χ4v) is 4.26. The molecule has 0 radical (unpaired) electrons. The normalized spacial score (nSPS) is 15.5. The van der Waals surface area contributed by atoms with Crippen LogP contribution in [0.5, 0.6) is 5.75 Å². The second kappa shape index (κ2) is 11.3. The van der Waals surface area contributed by atoms with Crippen LogP contribution < -0.4 is 20.8 Å². The van der Waals surface area contributed by atoms with Gasteiger partial charge in [0.15, 0.2) is 0 Å². The maximum absolute atomic E-state index is 13.0. The van der Waals surface area contributed by atoms with Crippen molar-refractivity contribution in [3.63, 3.8) is 0 Å². The molecule has 0 aliphatic rings. The Hall–Kier alpha value is -2.49. The molecule has 3 atom stereocenters. The number of fused-ring (bicyclic) bond motifs is 1. The molecule has 17 heteroatoms. The monoisotopic (exact) mass is 530 g/mol. The quantitative estimate of drug-likeness (QED) is 0.180. The Labute approximate surface area is 195 Å². The number of thiazole rings is 1. The van der Waals surface area contributed by atoms with Gasteiger partial charge < -0.3 is 14.6 Å². The molecule has 0 bridgehead atoms. The highest BCUT2D eigenvalue weighted by Gasteiger charge is 2.34. The largest absolute Gasteiger partial charge is 0.573 e. The Kier molecular flexibility index (Phi) is 9.22. The van der Waals surface area contributed by atoms with Crippen molar-refractivity contribution in [2.45, 2.75) is 52.2 Å². The summed E-state index contributed by atoms with van der Waals surface area (Å²) in [5.41, 5.74) is 4.66. The minimum atomic E-state index is -4.87. The molecule has 1 aromatic heterocycles. The number of ether oxygens (including phenoxy) is 2. The van der Waals surface area contributed by atoms with Crippen molar-refractivity contribution < 1.29 is 51.2 Å². The molecule has 0 fully saturated rings. The Morgan fingerprint density at radius 3 is 2.41 bits per heavy atom. The summed E-state index contributed by atoms with van der Waals surface area (Å²) >= 11 is 0.830. The van der Waals surface area contributed by atoms with Gasteiger partial charge in [0.25, 0.3) is 0 Å². The highest BCUT2D eigenvalue weighted by molar-refractivity contribution is 7.51. The number of aliphatic carboxylic acids is 1. The van der Waals surface area contributed by atoms with Gasteiger partial charge in [-0.2, -0.15) is 10.1 Å². The Bertz CT molecular complexity index is 1070. The zero-order valence-corrected chi connectivity index (χ0v) is 19.9. The molecule has 0 spiro atoms. The molecule has 2 rings (SSSR count). The third-order valence-electron chi connectivity index (χ3n) is 3.62. The Balaban J connectivity index is 2.13. The summed E-state index contributed by atoms with van der Waals surface area (Å²) in [5.74, 6) is -2.57. The van der Waals surface area contributed by atoms with Crippen molar-refractivity contribution in [1.29, 1.82) is 0 Å². The smallest absolute Gasteiger partial charge is 0.480 e. The van der Waals surface area contributed by atoms with Crippen molar-refractivity contribution in [2.75, 3.05) is 5.48 Å². The molecular formula is C17H22F3N4O8PS. The number of benzene rings is 1. The van der Waals surface area contributed by atoms with Crippen LogP contribution in [0.4, 0.5) is 18.3 Å². The van der Waals surface area contributed by atoms with Gasteiger partial charge in [0.2, 0.25) is 5.13 Å². The first-order valence-corrected chi connectivity index (χ1v) is 11.9. The van der Waals surface area contributed by atoms with Crippen LogP contribution in [0.25, 0.3) is 10.2 Å². The number of hydrogen-bond donors (Lipinski definition) is 4. The van der Waals surface area contributed by atoms with E-state index in [9.17, 15) is 27.3 Å². The van der Waals surface area contributed by atoms with Crippen LogP contribution in [-0.2, 0) is 28.1 Å². The van der Waals surface area contributed by atoms with Gasteiger partial charge in [-0.25, -0.2) is 24.7 Å². The van der Waals surface area contributed by atoms with E-state index in [0.29, 0.717) is 0 Å². The summed E-state index contributed by atoms with van der Waals surface area (Å²) in [4.78, 5) is 27.1. The molecule has 4 N–H and O–H groups in total. The molecule has 2 aromatic rings. The second-order valence-electron chi connectivity index (χ2n) is 6.99. The maximum atomic E-state index is 13.0. The molecule has 1 unspecified atom stereocenters. The van der Waals surface area contributed by atoms with Crippen LogP contribution in [-0.4, -0.2) is 46.6 Å². The number of hydrogen-bond acceptors (Lipinski definition) is 11. The van der Waals surface area contributed by atoms with E-state index in [0.717, 1.165) is 30.4 Å². The van der Waals surface area contributed by atoms with Gasteiger partial charge >= 0.3 is 26.0 Å². The van der Waals surface area contributed by atoms with Crippen LogP contribution in [0.3, 0.4) is 0 Å². The number of carboxylic acids is 1. The summed E-state index contributed by atoms with van der Waals surface area (Å²) < 4.78 is 69.3. The molecule has 0 saturated heterocycles. The van der Waals surface area contributed by atoms with Crippen LogP contribution in [0.1, 0.15) is 27.7 Å². The Morgan fingerprint density at radius 1 is 1.15 bits per heavy atom. The number of esters is 1. The van der Waals surface area contributed by atoms with Crippen molar-refractivity contribution in [3.05, 3.63) is 18.2 Å². The summed E-state index contributed by atoms with van der Waals surface area (Å²) in [6.07, 6.45) is -5.29. The number of carbonyl (C=O) groups is 2. The standard InChI is InChI=1S/C17H22F3N4O8PS/c1-8(2)29-15(27)10(4)22-31-33(28,24-9(3)14(25)26)32-23-16-21-12-6-5-11(7-13(12)34-16)30-17(18,19)20/h5-10,22H,1-4H3,(H,21,23)(H,24,28)(H,25,26)/t9-,10-,33?/m0/s1. The molecule has 1 heterocycles. The van der Waals surface area contributed by atoms with Crippen molar-refractivity contribution in [3.8, 4) is 5.75 Å². The van der Waals surface area contributed by atoms with Crippen molar-refractivity contribution in [1.82, 2.24) is 15.6 Å². The highest BCUT2D eigenvalue weighted by atomic mass is 32.1. The second-order valence-corrected chi connectivity index (χ2v) is 9.64. The van der Waals surface area contributed by atoms with E-state index in [1.54, 1.807) is 13.8 Å². The number of rotatable bonds is 12. The van der Waals surface area contributed by atoms with E-state index in [-0.39, 0.29) is 15.3 Å². The summed E-state index contributed by atoms with van der Waals surface area (Å²) in [7, 11) is -4.47. The third-order valence-corrected chi connectivity index (χ3v) is 5.92. The topological polar surface area (TPSA) is 157 Å². The fraction of sp³-hybridized carbons (Fsp3) is 0.471. The number of anilines is 1. The number of carboxylic acid groups (broad SMARTS) is 1. The molecule has 190 valence electrons. The average molecular weight is 530 g/mol. The number of alkyl halides is 3. The average Bonchev–Trinajstić information content (AvgIpc) is 3.11. The van der Waals surface area contributed by atoms with Gasteiger partial charge in [-0.15, -0.1) is 13.2 Å². The molecule has 0 aliphatic heterocycles. The Morgan fingerprint density at radius 2 is 1.82 bits per heavy atom. The number of aromatic nitrogens is 1. The third kappa shape index (κ3) is 8.70. The highest BCUT2D eigenvalue weighted by Crippen LogP contribution is 2.44. The molecule has 1 aromatic carbocycles. The first-order valence-electron chi connectivity index (χ1n) is 9.53. The van der Waals surface area contributed by atoms with E-state index in [4.69, 9.17) is 19.1 Å².